The molecule has 0 radical (unpaired) electrons. The maximum Gasteiger partial charge on any atom is 0.137 e. The summed E-state index contributed by atoms with van der Waals surface area (Å²) < 4.78 is 3.57. The molecular weight excluding hydrogens is 352 g/mol. The fourth-order valence-corrected chi connectivity index (χ4v) is 2.89. The second kappa shape index (κ2) is 9.67. The number of ketones is 2. The zero-order chi connectivity index (χ0) is 19.1. The molecule has 0 fully saturated rings. The van der Waals surface area contributed by atoms with Crippen LogP contribution >= 0.6 is 11.6 Å². The zero-order valence-electron chi connectivity index (χ0n) is 15.7. The molecule has 1 unspecified atom stereocenters. The average molecular weight is 379 g/mol. The topological polar surface area (TPSA) is 69.8 Å². The number of hydrogen-bond acceptors (Lipinski definition) is 4. The van der Waals surface area contributed by atoms with Gasteiger partial charge in [0.1, 0.15) is 11.6 Å². The van der Waals surface area contributed by atoms with Gasteiger partial charge >= 0.3 is 0 Å². The minimum absolute atomic E-state index is 0.0262. The molecular formula is C19H27ClN4O2. The lowest BCUT2D eigenvalue weighted by Crippen LogP contribution is -2.16. The van der Waals surface area contributed by atoms with Crippen LogP contribution in [0.4, 0.5) is 0 Å². The number of rotatable bonds is 11. The van der Waals surface area contributed by atoms with Crippen molar-refractivity contribution in [1.82, 2.24) is 19.6 Å². The third kappa shape index (κ3) is 6.09. The molecule has 0 saturated heterocycles. The van der Waals surface area contributed by atoms with E-state index in [1.54, 1.807) is 23.3 Å². The van der Waals surface area contributed by atoms with Crippen LogP contribution in [0.15, 0.2) is 24.7 Å². The summed E-state index contributed by atoms with van der Waals surface area (Å²) in [6.07, 6.45) is 7.52. The van der Waals surface area contributed by atoms with Crippen LogP contribution in [-0.2, 0) is 29.1 Å². The van der Waals surface area contributed by atoms with E-state index in [1.807, 2.05) is 31.5 Å². The third-order valence-corrected chi connectivity index (χ3v) is 4.79. The fraction of sp³-hybridized carbons (Fsp3) is 0.579. The monoisotopic (exact) mass is 378 g/mol. The number of Topliss-reactive ketones (excluding diaryl/α,β-unsaturated/α-hetero) is 2. The van der Waals surface area contributed by atoms with Gasteiger partial charge in [0.2, 0.25) is 0 Å². The van der Waals surface area contributed by atoms with Crippen molar-refractivity contribution < 1.29 is 9.59 Å². The van der Waals surface area contributed by atoms with Gasteiger partial charge in [-0.1, -0.05) is 32.4 Å². The Labute approximate surface area is 159 Å². The average Bonchev–Trinajstić information content (AvgIpc) is 3.23. The Kier molecular flexibility index (Phi) is 7.57. The molecule has 142 valence electrons. The van der Waals surface area contributed by atoms with Crippen molar-refractivity contribution >= 4 is 23.2 Å². The van der Waals surface area contributed by atoms with Gasteiger partial charge in [0, 0.05) is 55.9 Å². The number of aryl methyl sites for hydroxylation is 3. The lowest BCUT2D eigenvalue weighted by atomic mass is 9.97. The zero-order valence-corrected chi connectivity index (χ0v) is 16.4. The van der Waals surface area contributed by atoms with E-state index in [0.717, 1.165) is 18.5 Å². The van der Waals surface area contributed by atoms with Gasteiger partial charge in [-0.3, -0.25) is 19.0 Å². The molecule has 2 aromatic heterocycles. The molecule has 0 amide bonds. The molecule has 0 bridgehead atoms. The van der Waals surface area contributed by atoms with E-state index in [-0.39, 0.29) is 23.4 Å². The molecule has 26 heavy (non-hydrogen) atoms. The van der Waals surface area contributed by atoms with Crippen LogP contribution in [0, 0.1) is 11.8 Å². The van der Waals surface area contributed by atoms with Crippen molar-refractivity contribution in [2.45, 2.75) is 59.5 Å². The first kappa shape index (κ1) is 20.4. The van der Waals surface area contributed by atoms with Crippen LogP contribution in [-0.4, -0.2) is 31.1 Å². The van der Waals surface area contributed by atoms with Crippen molar-refractivity contribution in [3.05, 3.63) is 35.4 Å². The number of nitrogens with zero attached hydrogens (tertiary/aromatic N) is 4. The first-order valence-electron chi connectivity index (χ1n) is 9.11. The quantitative estimate of drug-likeness (QED) is 0.599. The van der Waals surface area contributed by atoms with Gasteiger partial charge in [0.15, 0.2) is 0 Å². The predicted molar refractivity (Wildman–Crippen MR) is 101 cm³/mol. The Bertz CT molecular complexity index is 735. The second-order valence-electron chi connectivity index (χ2n) is 6.99. The van der Waals surface area contributed by atoms with E-state index in [2.05, 4.69) is 10.2 Å². The maximum absolute atomic E-state index is 12.3. The molecule has 0 spiro atoms. The van der Waals surface area contributed by atoms with Crippen LogP contribution in [0.2, 0.25) is 5.02 Å². The first-order chi connectivity index (χ1) is 12.4. The van der Waals surface area contributed by atoms with Crippen molar-refractivity contribution in [2.75, 3.05) is 0 Å². The summed E-state index contributed by atoms with van der Waals surface area (Å²) in [6, 6.07) is 1.96. The SMILES string of the molecule is CC(C)C(=O)CCn1nccc1CCC(C)C(=O)CCn1cc(Cl)cn1. The Hall–Kier alpha value is -1.95. The van der Waals surface area contributed by atoms with Gasteiger partial charge < -0.3 is 0 Å². The van der Waals surface area contributed by atoms with E-state index in [4.69, 9.17) is 11.6 Å². The largest absolute Gasteiger partial charge is 0.299 e. The molecule has 7 heteroatoms. The van der Waals surface area contributed by atoms with Crippen molar-refractivity contribution in [3.8, 4) is 0 Å². The Morgan fingerprint density at radius 3 is 2.50 bits per heavy atom. The molecule has 2 aromatic rings. The minimum atomic E-state index is -0.0262. The molecule has 6 nitrogen and oxygen atoms in total. The van der Waals surface area contributed by atoms with Crippen molar-refractivity contribution in [1.29, 1.82) is 0 Å². The number of carbonyl (C=O) groups is 2. The van der Waals surface area contributed by atoms with E-state index in [0.29, 0.717) is 31.0 Å². The third-order valence-electron chi connectivity index (χ3n) is 4.59. The summed E-state index contributed by atoms with van der Waals surface area (Å²) in [4.78, 5) is 24.1. The summed E-state index contributed by atoms with van der Waals surface area (Å²) in [5.41, 5.74) is 1.07. The highest BCUT2D eigenvalue weighted by Crippen LogP contribution is 2.14. The van der Waals surface area contributed by atoms with E-state index >= 15 is 0 Å². The fourth-order valence-electron chi connectivity index (χ4n) is 2.74. The van der Waals surface area contributed by atoms with Crippen LogP contribution in [0.3, 0.4) is 0 Å². The molecule has 2 rings (SSSR count). The number of carbonyl (C=O) groups excluding carboxylic acids is 2. The van der Waals surface area contributed by atoms with Gasteiger partial charge in [0.25, 0.3) is 0 Å². The number of aromatic nitrogens is 4. The minimum Gasteiger partial charge on any atom is -0.299 e. The molecule has 2 heterocycles. The molecule has 1 atom stereocenters. The van der Waals surface area contributed by atoms with Gasteiger partial charge in [-0.25, -0.2) is 0 Å². The summed E-state index contributed by atoms with van der Waals surface area (Å²) in [5, 5.41) is 8.97. The molecule has 0 N–H and O–H groups in total. The number of hydrogen-bond donors (Lipinski definition) is 0. The van der Waals surface area contributed by atoms with Crippen molar-refractivity contribution in [3.63, 3.8) is 0 Å². The normalized spacial score (nSPS) is 12.5. The van der Waals surface area contributed by atoms with Crippen LogP contribution in [0.5, 0.6) is 0 Å². The lowest BCUT2D eigenvalue weighted by molar-refractivity contribution is -0.123. The van der Waals surface area contributed by atoms with Crippen LogP contribution < -0.4 is 0 Å². The molecule has 0 aromatic carbocycles. The molecule has 0 saturated carbocycles. The van der Waals surface area contributed by atoms with Gasteiger partial charge in [-0.2, -0.15) is 10.2 Å². The number of halogens is 1. The highest BCUT2D eigenvalue weighted by molar-refractivity contribution is 6.30. The summed E-state index contributed by atoms with van der Waals surface area (Å²) in [5.74, 6) is 0.490. The van der Waals surface area contributed by atoms with Crippen LogP contribution in [0.1, 0.15) is 45.7 Å². The standard InChI is InChI=1S/C19H27ClN4O2/c1-14(2)18(25)8-11-24-17(6-9-21-24)5-4-15(3)19(26)7-10-23-13-16(20)12-22-23/h6,9,12-15H,4-5,7-8,10-11H2,1-3H3. The lowest BCUT2D eigenvalue weighted by Gasteiger charge is -2.12. The van der Waals surface area contributed by atoms with Gasteiger partial charge in [-0.15, -0.1) is 0 Å². The van der Waals surface area contributed by atoms with E-state index < -0.39 is 0 Å². The highest BCUT2D eigenvalue weighted by atomic mass is 35.5. The van der Waals surface area contributed by atoms with Crippen LogP contribution in [0.25, 0.3) is 0 Å². The Morgan fingerprint density at radius 2 is 1.85 bits per heavy atom. The first-order valence-corrected chi connectivity index (χ1v) is 9.48. The van der Waals surface area contributed by atoms with E-state index in [1.165, 1.54) is 0 Å². The van der Waals surface area contributed by atoms with Crippen molar-refractivity contribution in [2.24, 2.45) is 11.8 Å². The van der Waals surface area contributed by atoms with Gasteiger partial charge in [-0.05, 0) is 18.9 Å². The summed E-state index contributed by atoms with van der Waals surface area (Å²) in [7, 11) is 0. The predicted octanol–water partition coefficient (Wildman–Crippen LogP) is 3.58. The summed E-state index contributed by atoms with van der Waals surface area (Å²) in [6.45, 7) is 6.93. The van der Waals surface area contributed by atoms with E-state index in [9.17, 15) is 9.59 Å². The highest BCUT2D eigenvalue weighted by Gasteiger charge is 2.15. The molecule has 0 aliphatic rings. The molecule has 0 aliphatic carbocycles. The van der Waals surface area contributed by atoms with Gasteiger partial charge in [0.05, 0.1) is 11.2 Å². The Morgan fingerprint density at radius 1 is 1.12 bits per heavy atom. The summed E-state index contributed by atoms with van der Waals surface area (Å²) >= 11 is 5.82. The Balaban J connectivity index is 1.78. The molecule has 0 aliphatic heterocycles. The smallest absolute Gasteiger partial charge is 0.137 e. The second-order valence-corrected chi connectivity index (χ2v) is 7.43. The maximum atomic E-state index is 12.3.